The summed E-state index contributed by atoms with van der Waals surface area (Å²) in [4.78, 5) is 2.37. The van der Waals surface area contributed by atoms with Crippen LogP contribution in [0.5, 0.6) is 0 Å². The normalized spacial score (nSPS) is 27.7. The van der Waals surface area contributed by atoms with Gasteiger partial charge in [0.2, 0.25) is 5.95 Å². The zero-order valence-electron chi connectivity index (χ0n) is 10.1. The van der Waals surface area contributed by atoms with E-state index in [0.29, 0.717) is 0 Å². The molecule has 0 saturated carbocycles. The molecule has 4 heterocycles. The Morgan fingerprint density at radius 2 is 2.00 bits per heavy atom. The van der Waals surface area contributed by atoms with E-state index in [1.165, 1.54) is 17.9 Å². The van der Waals surface area contributed by atoms with Crippen molar-refractivity contribution in [1.29, 1.82) is 0 Å². The van der Waals surface area contributed by atoms with Gasteiger partial charge in [0, 0.05) is 19.3 Å². The summed E-state index contributed by atoms with van der Waals surface area (Å²) < 4.78 is 1.86. The lowest BCUT2D eigenvalue weighted by Crippen LogP contribution is -2.45. The van der Waals surface area contributed by atoms with E-state index < -0.39 is 0 Å². The molecule has 2 aliphatic rings. The van der Waals surface area contributed by atoms with Crippen molar-refractivity contribution >= 4 is 23.4 Å². The van der Waals surface area contributed by atoms with Crippen LogP contribution < -0.4 is 4.90 Å². The maximum absolute atomic E-state index is 4.36. The predicted octanol–water partition coefficient (Wildman–Crippen LogP) is 1.31. The van der Waals surface area contributed by atoms with E-state index in [0.717, 1.165) is 36.5 Å². The van der Waals surface area contributed by atoms with Crippen LogP contribution in [0.15, 0.2) is 18.3 Å². The van der Waals surface area contributed by atoms with Crippen LogP contribution in [0.1, 0.15) is 6.42 Å². The molecule has 0 aliphatic carbocycles. The Kier molecular flexibility index (Phi) is 2.43. The van der Waals surface area contributed by atoms with Crippen molar-refractivity contribution in [1.82, 2.24) is 19.8 Å². The molecule has 0 spiro atoms. The van der Waals surface area contributed by atoms with Crippen molar-refractivity contribution in [3.05, 3.63) is 18.3 Å². The molecule has 2 bridgehead atoms. The topological polar surface area (TPSA) is 46.3 Å². The van der Waals surface area contributed by atoms with Crippen molar-refractivity contribution in [3.63, 3.8) is 0 Å². The fourth-order valence-electron chi connectivity index (χ4n) is 3.05. The zero-order valence-corrected chi connectivity index (χ0v) is 10.9. The molecule has 2 aliphatic heterocycles. The van der Waals surface area contributed by atoms with Crippen LogP contribution in [0.4, 0.5) is 5.95 Å². The molecule has 6 heteroatoms. The van der Waals surface area contributed by atoms with E-state index in [1.807, 2.05) is 16.6 Å². The first-order valence-corrected chi connectivity index (χ1v) is 7.55. The second kappa shape index (κ2) is 4.12. The predicted molar refractivity (Wildman–Crippen MR) is 71.9 cm³/mol. The summed E-state index contributed by atoms with van der Waals surface area (Å²) in [5.41, 5.74) is 0.831. The van der Waals surface area contributed by atoms with Gasteiger partial charge < -0.3 is 4.90 Å². The Hall–Kier alpha value is -1.30. The average molecular weight is 261 g/mol. The minimum Gasteiger partial charge on any atom is -0.339 e. The van der Waals surface area contributed by atoms with Gasteiger partial charge in [-0.2, -0.15) is 21.4 Å². The van der Waals surface area contributed by atoms with Crippen molar-refractivity contribution in [2.24, 2.45) is 11.8 Å². The van der Waals surface area contributed by atoms with Crippen LogP contribution in [0.3, 0.4) is 0 Å². The molecule has 2 saturated heterocycles. The lowest BCUT2D eigenvalue weighted by Gasteiger charge is -2.40. The van der Waals surface area contributed by atoms with E-state index in [9.17, 15) is 0 Å². The third-order valence-electron chi connectivity index (χ3n) is 3.78. The van der Waals surface area contributed by atoms with Crippen molar-refractivity contribution in [3.8, 4) is 0 Å². The van der Waals surface area contributed by atoms with Gasteiger partial charge in [-0.1, -0.05) is 0 Å². The Morgan fingerprint density at radius 3 is 2.83 bits per heavy atom. The van der Waals surface area contributed by atoms with Gasteiger partial charge in [0.05, 0.1) is 0 Å². The van der Waals surface area contributed by atoms with E-state index in [-0.39, 0.29) is 0 Å². The van der Waals surface area contributed by atoms with Gasteiger partial charge in [-0.15, -0.1) is 10.2 Å². The Labute approximate surface area is 110 Å². The number of rotatable bonds is 1. The quantitative estimate of drug-likeness (QED) is 0.774. The van der Waals surface area contributed by atoms with Gasteiger partial charge in [0.1, 0.15) is 0 Å². The Morgan fingerprint density at radius 1 is 1.17 bits per heavy atom. The molecule has 0 aromatic carbocycles. The number of piperidine rings is 1. The minimum atomic E-state index is 0.804. The highest BCUT2D eigenvalue weighted by molar-refractivity contribution is 7.99. The van der Waals surface area contributed by atoms with Crippen LogP contribution >= 0.6 is 11.8 Å². The van der Waals surface area contributed by atoms with Gasteiger partial charge >= 0.3 is 0 Å². The van der Waals surface area contributed by atoms with Crippen molar-refractivity contribution in [2.75, 3.05) is 29.5 Å². The number of thioether (sulfide) groups is 1. The Balaban J connectivity index is 1.70. The minimum absolute atomic E-state index is 0.804. The molecule has 18 heavy (non-hydrogen) atoms. The van der Waals surface area contributed by atoms with E-state index in [2.05, 4.69) is 32.0 Å². The summed E-state index contributed by atoms with van der Waals surface area (Å²) in [7, 11) is 0. The van der Waals surface area contributed by atoms with E-state index >= 15 is 0 Å². The molecule has 2 unspecified atom stereocenters. The SMILES string of the molecule is c1cnn2c(N3CC4CSCC(C4)C3)nnc2c1. The number of nitrogens with zero attached hydrogens (tertiary/aromatic N) is 5. The third kappa shape index (κ3) is 1.67. The average Bonchev–Trinajstić information content (AvgIpc) is 2.82. The number of aromatic nitrogens is 4. The van der Waals surface area contributed by atoms with E-state index in [1.54, 1.807) is 6.20 Å². The number of anilines is 1. The standard InChI is InChI=1S/C12H15N5S/c1-2-11-14-15-12(17(11)13-3-1)16-5-9-4-10(6-16)8-18-7-9/h1-3,9-10H,4-8H2. The highest BCUT2D eigenvalue weighted by Crippen LogP contribution is 2.34. The summed E-state index contributed by atoms with van der Waals surface area (Å²) in [5, 5.41) is 12.9. The molecule has 0 N–H and O–H groups in total. The number of hydrogen-bond donors (Lipinski definition) is 0. The molecule has 0 radical (unpaired) electrons. The van der Waals surface area contributed by atoms with Gasteiger partial charge in [0.25, 0.3) is 0 Å². The van der Waals surface area contributed by atoms with E-state index in [4.69, 9.17) is 0 Å². The molecule has 94 valence electrons. The monoisotopic (exact) mass is 261 g/mol. The molecule has 2 fully saturated rings. The summed E-state index contributed by atoms with van der Waals surface area (Å²) in [6.45, 7) is 2.20. The first-order valence-electron chi connectivity index (χ1n) is 6.39. The molecule has 0 amide bonds. The summed E-state index contributed by atoms with van der Waals surface area (Å²) in [6.07, 6.45) is 3.17. The third-order valence-corrected chi connectivity index (χ3v) is 5.19. The zero-order chi connectivity index (χ0) is 11.9. The second-order valence-corrected chi connectivity index (χ2v) is 6.28. The van der Waals surface area contributed by atoms with Gasteiger partial charge in [0.15, 0.2) is 5.65 Å². The fraction of sp³-hybridized carbons (Fsp3) is 0.583. The summed E-state index contributed by atoms with van der Waals surface area (Å²) in [6, 6.07) is 3.85. The highest BCUT2D eigenvalue weighted by atomic mass is 32.2. The first-order chi connectivity index (χ1) is 8.90. The summed E-state index contributed by atoms with van der Waals surface area (Å²) in [5.74, 6) is 5.10. The Bertz CT molecular complexity index is 556. The molecular formula is C12H15N5S. The molecule has 2 atom stereocenters. The number of fused-ring (bicyclic) bond motifs is 3. The maximum atomic E-state index is 4.36. The van der Waals surface area contributed by atoms with Gasteiger partial charge in [-0.25, -0.2) is 0 Å². The highest BCUT2D eigenvalue weighted by Gasteiger charge is 2.32. The van der Waals surface area contributed by atoms with Crippen LogP contribution in [-0.4, -0.2) is 44.4 Å². The largest absolute Gasteiger partial charge is 0.339 e. The molecular weight excluding hydrogens is 246 g/mol. The van der Waals surface area contributed by atoms with Crippen LogP contribution in [-0.2, 0) is 0 Å². The number of hydrogen-bond acceptors (Lipinski definition) is 5. The van der Waals surface area contributed by atoms with Crippen molar-refractivity contribution < 1.29 is 0 Å². The molecule has 2 aromatic rings. The van der Waals surface area contributed by atoms with Gasteiger partial charge in [-0.3, -0.25) is 0 Å². The first kappa shape index (κ1) is 10.6. The van der Waals surface area contributed by atoms with Crippen LogP contribution in [0.2, 0.25) is 0 Å². The molecule has 2 aromatic heterocycles. The van der Waals surface area contributed by atoms with Crippen LogP contribution in [0.25, 0.3) is 5.65 Å². The summed E-state index contributed by atoms with van der Waals surface area (Å²) >= 11 is 2.10. The van der Waals surface area contributed by atoms with Gasteiger partial charge in [-0.05, 0) is 41.9 Å². The second-order valence-electron chi connectivity index (χ2n) is 5.20. The van der Waals surface area contributed by atoms with Crippen molar-refractivity contribution in [2.45, 2.75) is 6.42 Å². The van der Waals surface area contributed by atoms with Crippen LogP contribution in [0, 0.1) is 11.8 Å². The molecule has 4 rings (SSSR count). The fourth-order valence-corrected chi connectivity index (χ4v) is 4.34. The molecule has 5 nitrogen and oxygen atoms in total. The maximum Gasteiger partial charge on any atom is 0.248 e. The smallest absolute Gasteiger partial charge is 0.248 e. The lowest BCUT2D eigenvalue weighted by molar-refractivity contribution is 0.350. The lowest BCUT2D eigenvalue weighted by atomic mass is 9.91.